The van der Waals surface area contributed by atoms with Gasteiger partial charge in [-0.2, -0.15) is 11.8 Å². The number of nitrogens with one attached hydrogen (secondary N) is 2. The van der Waals surface area contributed by atoms with Crippen LogP contribution < -0.4 is 10.6 Å². The van der Waals surface area contributed by atoms with Crippen LogP contribution in [0.3, 0.4) is 0 Å². The molecule has 0 saturated carbocycles. The number of thioether (sulfide) groups is 1. The monoisotopic (exact) mass is 315 g/mol. The maximum Gasteiger partial charge on any atom is 0.191 e. The van der Waals surface area contributed by atoms with Crippen molar-refractivity contribution in [3.63, 3.8) is 0 Å². The van der Waals surface area contributed by atoms with Gasteiger partial charge in [-0.3, -0.25) is 4.99 Å². The molecule has 2 aliphatic heterocycles. The third-order valence-corrected chi connectivity index (χ3v) is 5.28. The molecule has 2 rings (SSSR count). The average molecular weight is 315 g/mol. The molecule has 6 heteroatoms. The van der Waals surface area contributed by atoms with Gasteiger partial charge in [-0.1, -0.05) is 0 Å². The lowest BCUT2D eigenvalue weighted by molar-refractivity contribution is 0.0888. The van der Waals surface area contributed by atoms with E-state index >= 15 is 0 Å². The summed E-state index contributed by atoms with van der Waals surface area (Å²) in [5.74, 6) is 2.82. The van der Waals surface area contributed by atoms with Gasteiger partial charge < -0.3 is 20.1 Å². The van der Waals surface area contributed by atoms with Crippen molar-refractivity contribution in [3.8, 4) is 0 Å². The third kappa shape index (κ3) is 6.89. The first-order chi connectivity index (χ1) is 10.4. The van der Waals surface area contributed by atoms with Gasteiger partial charge in [0.2, 0.25) is 0 Å². The van der Waals surface area contributed by atoms with Gasteiger partial charge in [-0.15, -0.1) is 0 Å². The molecule has 0 amide bonds. The van der Waals surface area contributed by atoms with Crippen LogP contribution in [0, 0.1) is 5.92 Å². The predicted molar refractivity (Wildman–Crippen MR) is 89.2 cm³/mol. The molecule has 2 N–H and O–H groups in total. The van der Waals surface area contributed by atoms with Gasteiger partial charge in [-0.05, 0) is 31.4 Å². The first-order valence-electron chi connectivity index (χ1n) is 8.10. The minimum absolute atomic E-state index is 0.608. The molecule has 2 atom stereocenters. The Morgan fingerprint density at radius 3 is 3.05 bits per heavy atom. The molecule has 2 aliphatic rings. The molecule has 2 unspecified atom stereocenters. The maximum atomic E-state index is 5.69. The van der Waals surface area contributed by atoms with Crippen molar-refractivity contribution >= 4 is 17.7 Å². The van der Waals surface area contributed by atoms with Crippen molar-refractivity contribution in [3.05, 3.63) is 0 Å². The Bertz CT molecular complexity index is 303. The van der Waals surface area contributed by atoms with Crippen molar-refractivity contribution in [1.29, 1.82) is 0 Å². The van der Waals surface area contributed by atoms with Crippen LogP contribution in [-0.4, -0.2) is 63.5 Å². The van der Waals surface area contributed by atoms with Crippen molar-refractivity contribution in [2.45, 2.75) is 30.9 Å². The van der Waals surface area contributed by atoms with E-state index in [4.69, 9.17) is 9.47 Å². The van der Waals surface area contributed by atoms with Crippen LogP contribution in [0.2, 0.25) is 0 Å². The quantitative estimate of drug-likeness (QED) is 0.404. The highest BCUT2D eigenvalue weighted by Crippen LogP contribution is 2.25. The van der Waals surface area contributed by atoms with E-state index in [0.717, 1.165) is 63.6 Å². The summed E-state index contributed by atoms with van der Waals surface area (Å²) in [4.78, 5) is 4.26. The molecule has 0 aromatic carbocycles. The zero-order valence-electron chi connectivity index (χ0n) is 13.1. The third-order valence-electron chi connectivity index (χ3n) is 3.88. The number of hydrogen-bond acceptors (Lipinski definition) is 4. The van der Waals surface area contributed by atoms with Crippen molar-refractivity contribution < 1.29 is 9.47 Å². The van der Waals surface area contributed by atoms with E-state index in [1.54, 1.807) is 0 Å². The summed E-state index contributed by atoms with van der Waals surface area (Å²) in [6.07, 6.45) is 4.83. The van der Waals surface area contributed by atoms with Crippen molar-refractivity contribution in [2.24, 2.45) is 10.9 Å². The molecule has 5 nitrogen and oxygen atoms in total. The summed E-state index contributed by atoms with van der Waals surface area (Å²) in [7, 11) is 1.83. The Morgan fingerprint density at radius 1 is 1.38 bits per heavy atom. The Hall–Kier alpha value is -0.460. The van der Waals surface area contributed by atoms with E-state index in [-0.39, 0.29) is 0 Å². The fourth-order valence-corrected chi connectivity index (χ4v) is 3.78. The maximum absolute atomic E-state index is 5.69. The molecule has 122 valence electrons. The van der Waals surface area contributed by atoms with Gasteiger partial charge in [0.15, 0.2) is 5.96 Å². The molecule has 0 aliphatic carbocycles. The number of aliphatic imine (C=N–C) groups is 1. The lowest BCUT2D eigenvalue weighted by Crippen LogP contribution is -2.40. The molecular weight excluding hydrogens is 286 g/mol. The number of nitrogens with zero attached hydrogens (tertiary/aromatic N) is 1. The lowest BCUT2D eigenvalue weighted by Gasteiger charge is -2.15. The molecule has 2 saturated heterocycles. The highest BCUT2D eigenvalue weighted by Gasteiger charge is 2.16. The highest BCUT2D eigenvalue weighted by atomic mass is 32.2. The summed E-state index contributed by atoms with van der Waals surface area (Å²) in [6.45, 7) is 5.33. The summed E-state index contributed by atoms with van der Waals surface area (Å²) >= 11 is 2.07. The normalized spacial score (nSPS) is 26.2. The van der Waals surface area contributed by atoms with Crippen LogP contribution in [0.1, 0.15) is 25.7 Å². The molecule has 0 radical (unpaired) electrons. The van der Waals surface area contributed by atoms with Crippen LogP contribution in [0.4, 0.5) is 0 Å². The summed E-state index contributed by atoms with van der Waals surface area (Å²) < 4.78 is 11.0. The minimum Gasteiger partial charge on any atom is -0.381 e. The molecule has 2 heterocycles. The molecule has 21 heavy (non-hydrogen) atoms. The van der Waals surface area contributed by atoms with Gasteiger partial charge >= 0.3 is 0 Å². The largest absolute Gasteiger partial charge is 0.381 e. The van der Waals surface area contributed by atoms with Gasteiger partial charge in [0, 0.05) is 44.5 Å². The topological polar surface area (TPSA) is 54.9 Å². The standard InChI is InChI=1S/C15H29N3O2S/c1-16-15(18-10-14-4-2-9-21-14)17-6-3-7-19-11-13-5-8-20-12-13/h13-14H,2-12H2,1H3,(H2,16,17,18). The Morgan fingerprint density at radius 2 is 2.33 bits per heavy atom. The van der Waals surface area contributed by atoms with Crippen LogP contribution in [-0.2, 0) is 9.47 Å². The second-order valence-corrected chi connectivity index (χ2v) is 7.08. The fourth-order valence-electron chi connectivity index (χ4n) is 2.58. The van der Waals surface area contributed by atoms with E-state index in [1.165, 1.54) is 18.6 Å². The fraction of sp³-hybridized carbons (Fsp3) is 0.933. The Balaban J connectivity index is 1.44. The van der Waals surface area contributed by atoms with Gasteiger partial charge in [0.1, 0.15) is 0 Å². The van der Waals surface area contributed by atoms with Crippen LogP contribution >= 0.6 is 11.8 Å². The Labute approximate surface area is 132 Å². The van der Waals surface area contributed by atoms with E-state index in [2.05, 4.69) is 27.4 Å². The zero-order valence-corrected chi connectivity index (χ0v) is 13.9. The van der Waals surface area contributed by atoms with Gasteiger partial charge in [-0.25, -0.2) is 0 Å². The van der Waals surface area contributed by atoms with Gasteiger partial charge in [0.05, 0.1) is 13.2 Å². The lowest BCUT2D eigenvalue weighted by atomic mass is 10.1. The van der Waals surface area contributed by atoms with Crippen molar-refractivity contribution in [1.82, 2.24) is 10.6 Å². The number of rotatable bonds is 8. The molecular formula is C15H29N3O2S. The Kier molecular flexibility index (Phi) is 8.29. The van der Waals surface area contributed by atoms with Crippen molar-refractivity contribution in [2.75, 3.05) is 52.3 Å². The van der Waals surface area contributed by atoms with Crippen LogP contribution in [0.25, 0.3) is 0 Å². The minimum atomic E-state index is 0.608. The first-order valence-corrected chi connectivity index (χ1v) is 9.15. The number of hydrogen-bond donors (Lipinski definition) is 2. The van der Waals surface area contributed by atoms with E-state index in [9.17, 15) is 0 Å². The summed E-state index contributed by atoms with van der Waals surface area (Å²) in [5, 5.41) is 7.50. The number of ether oxygens (including phenoxy) is 2. The second kappa shape index (κ2) is 10.3. The second-order valence-electron chi connectivity index (χ2n) is 5.67. The van der Waals surface area contributed by atoms with E-state index in [0.29, 0.717) is 5.92 Å². The highest BCUT2D eigenvalue weighted by molar-refractivity contribution is 8.00. The number of guanidine groups is 1. The van der Waals surface area contributed by atoms with Gasteiger partial charge in [0.25, 0.3) is 0 Å². The molecule has 0 aromatic rings. The van der Waals surface area contributed by atoms with Crippen LogP contribution in [0.5, 0.6) is 0 Å². The smallest absolute Gasteiger partial charge is 0.191 e. The molecule has 0 aromatic heterocycles. The summed E-state index contributed by atoms with van der Waals surface area (Å²) in [6, 6.07) is 0. The predicted octanol–water partition coefficient (Wildman–Crippen LogP) is 1.49. The van der Waals surface area contributed by atoms with E-state index in [1.807, 2.05) is 7.05 Å². The molecule has 0 spiro atoms. The SMILES string of the molecule is CN=C(NCCCOCC1CCOC1)NCC1CCCS1. The first kappa shape index (κ1) is 16.9. The summed E-state index contributed by atoms with van der Waals surface area (Å²) in [5.41, 5.74) is 0. The average Bonchev–Trinajstić information content (AvgIpc) is 3.19. The zero-order chi connectivity index (χ0) is 14.8. The molecule has 2 fully saturated rings. The molecule has 0 bridgehead atoms. The van der Waals surface area contributed by atoms with E-state index < -0.39 is 0 Å². The van der Waals surface area contributed by atoms with Crippen LogP contribution in [0.15, 0.2) is 4.99 Å².